The lowest BCUT2D eigenvalue weighted by Gasteiger charge is -2.45. The van der Waals surface area contributed by atoms with Crippen LogP contribution in [0.3, 0.4) is 0 Å². The van der Waals surface area contributed by atoms with Crippen LogP contribution in [0.5, 0.6) is 0 Å². The average Bonchev–Trinajstić information content (AvgIpc) is 3.06. The Morgan fingerprint density at radius 1 is 1.21 bits per heavy atom. The quantitative estimate of drug-likeness (QED) is 0.858. The van der Waals surface area contributed by atoms with Crippen LogP contribution in [0.4, 0.5) is 0 Å². The minimum Gasteiger partial charge on any atom is -0.347 e. The molecule has 2 aliphatic heterocycles. The van der Waals surface area contributed by atoms with Gasteiger partial charge in [0.2, 0.25) is 5.91 Å². The third-order valence-corrected chi connectivity index (χ3v) is 5.96. The molecule has 0 bridgehead atoms. The summed E-state index contributed by atoms with van der Waals surface area (Å²) in [5.74, 6) is 0.143. The Bertz CT molecular complexity index is 868. The normalized spacial score (nSPS) is 26.6. The summed E-state index contributed by atoms with van der Waals surface area (Å²) in [4.78, 5) is 31.2. The Kier molecular flexibility index (Phi) is 4.89. The van der Waals surface area contributed by atoms with E-state index in [2.05, 4.69) is 27.8 Å². The van der Waals surface area contributed by atoms with Crippen molar-refractivity contribution in [2.75, 3.05) is 19.6 Å². The van der Waals surface area contributed by atoms with E-state index in [0.29, 0.717) is 25.2 Å². The highest BCUT2D eigenvalue weighted by Crippen LogP contribution is 2.42. The number of fused-ring (bicyclic) bond motifs is 1. The summed E-state index contributed by atoms with van der Waals surface area (Å²) in [5.41, 5.74) is 2.24. The van der Waals surface area contributed by atoms with Crippen molar-refractivity contribution in [1.82, 2.24) is 20.5 Å². The number of aryl methyl sites for hydroxylation is 1. The van der Waals surface area contributed by atoms with Gasteiger partial charge in [-0.05, 0) is 31.0 Å². The van der Waals surface area contributed by atoms with Crippen LogP contribution in [0.25, 0.3) is 0 Å². The van der Waals surface area contributed by atoms with E-state index in [0.717, 1.165) is 12.1 Å². The number of amides is 2. The number of likely N-dealkylation sites (tertiary alicyclic amines) is 1. The summed E-state index contributed by atoms with van der Waals surface area (Å²) in [6.45, 7) is 5.27. The van der Waals surface area contributed by atoms with E-state index in [-0.39, 0.29) is 23.8 Å². The van der Waals surface area contributed by atoms with Crippen molar-refractivity contribution in [3.8, 4) is 0 Å². The van der Waals surface area contributed by atoms with E-state index < -0.39 is 5.54 Å². The van der Waals surface area contributed by atoms with Gasteiger partial charge in [0.15, 0.2) is 0 Å². The molecule has 6 heteroatoms. The molecule has 2 aliphatic rings. The Balaban J connectivity index is 1.60. The second kappa shape index (κ2) is 7.36. The number of carbonyl (C=O) groups is 2. The molecule has 0 unspecified atom stereocenters. The van der Waals surface area contributed by atoms with Gasteiger partial charge in [-0.1, -0.05) is 30.3 Å². The van der Waals surface area contributed by atoms with Gasteiger partial charge in [-0.15, -0.1) is 0 Å². The number of hydrogen-bond acceptors (Lipinski definition) is 4. The van der Waals surface area contributed by atoms with Crippen molar-refractivity contribution >= 4 is 11.8 Å². The summed E-state index contributed by atoms with van der Waals surface area (Å²) < 4.78 is 0. The van der Waals surface area contributed by atoms with Crippen molar-refractivity contribution in [3.05, 3.63) is 65.5 Å². The zero-order valence-electron chi connectivity index (χ0n) is 16.3. The fourth-order valence-electron chi connectivity index (χ4n) is 4.70. The Hall–Kier alpha value is -2.73. The van der Waals surface area contributed by atoms with Crippen molar-refractivity contribution in [2.24, 2.45) is 5.92 Å². The molecule has 4 rings (SSSR count). The largest absolute Gasteiger partial charge is 0.347 e. The second-order valence-corrected chi connectivity index (χ2v) is 7.92. The van der Waals surface area contributed by atoms with Gasteiger partial charge in [-0.2, -0.15) is 0 Å². The predicted molar refractivity (Wildman–Crippen MR) is 107 cm³/mol. The number of nitrogens with zero attached hydrogens (tertiary/aromatic N) is 2. The fraction of sp³-hybridized carbons (Fsp3) is 0.409. The molecule has 3 heterocycles. The van der Waals surface area contributed by atoms with E-state index in [1.54, 1.807) is 13.1 Å². The molecule has 28 heavy (non-hydrogen) atoms. The SMILES string of the molecule is CC(=O)N[C@]12CN[C@H](c3ccccc3)[C@H]1CCN(C(=O)c1ccc(C)nc1)C2. The molecule has 2 saturated heterocycles. The minimum absolute atomic E-state index is 0.0289. The summed E-state index contributed by atoms with van der Waals surface area (Å²) in [6.07, 6.45) is 2.46. The molecule has 6 nitrogen and oxygen atoms in total. The maximum absolute atomic E-state index is 13.0. The van der Waals surface area contributed by atoms with Crippen LogP contribution in [0.1, 0.15) is 41.0 Å². The molecular weight excluding hydrogens is 352 g/mol. The lowest BCUT2D eigenvalue weighted by Crippen LogP contribution is -2.64. The van der Waals surface area contributed by atoms with Crippen molar-refractivity contribution < 1.29 is 9.59 Å². The monoisotopic (exact) mass is 378 g/mol. The molecule has 2 N–H and O–H groups in total. The zero-order valence-corrected chi connectivity index (χ0v) is 16.3. The zero-order chi connectivity index (χ0) is 19.7. The number of rotatable bonds is 3. The first-order valence-electron chi connectivity index (χ1n) is 9.77. The van der Waals surface area contributed by atoms with Gasteiger partial charge in [-0.3, -0.25) is 14.6 Å². The topological polar surface area (TPSA) is 74.3 Å². The van der Waals surface area contributed by atoms with Gasteiger partial charge in [0.05, 0.1) is 11.1 Å². The third kappa shape index (κ3) is 3.40. The average molecular weight is 378 g/mol. The smallest absolute Gasteiger partial charge is 0.255 e. The van der Waals surface area contributed by atoms with Crippen LogP contribution in [-0.2, 0) is 4.79 Å². The predicted octanol–water partition coefficient (Wildman–Crippen LogP) is 2.07. The number of hydrogen-bond donors (Lipinski definition) is 2. The lowest BCUT2D eigenvalue weighted by atomic mass is 9.75. The molecule has 2 fully saturated rings. The number of aromatic nitrogens is 1. The van der Waals surface area contributed by atoms with Gasteiger partial charge in [-0.25, -0.2) is 0 Å². The number of pyridine rings is 1. The van der Waals surface area contributed by atoms with Gasteiger partial charge in [0.1, 0.15) is 0 Å². The maximum atomic E-state index is 13.0. The lowest BCUT2D eigenvalue weighted by molar-refractivity contribution is -0.122. The van der Waals surface area contributed by atoms with Crippen LogP contribution in [0, 0.1) is 12.8 Å². The first kappa shape index (κ1) is 18.6. The summed E-state index contributed by atoms with van der Waals surface area (Å²) in [5, 5.41) is 6.79. The fourth-order valence-corrected chi connectivity index (χ4v) is 4.70. The van der Waals surface area contributed by atoms with Crippen LogP contribution >= 0.6 is 0 Å². The first-order valence-corrected chi connectivity index (χ1v) is 9.77. The van der Waals surface area contributed by atoms with E-state index in [1.165, 1.54) is 5.56 Å². The van der Waals surface area contributed by atoms with Crippen LogP contribution < -0.4 is 10.6 Å². The highest BCUT2D eigenvalue weighted by molar-refractivity contribution is 5.94. The van der Waals surface area contributed by atoms with Crippen molar-refractivity contribution in [1.29, 1.82) is 0 Å². The van der Waals surface area contributed by atoms with Crippen molar-refractivity contribution in [2.45, 2.75) is 31.8 Å². The van der Waals surface area contributed by atoms with Gasteiger partial charge >= 0.3 is 0 Å². The molecule has 146 valence electrons. The van der Waals surface area contributed by atoms with Gasteiger partial charge in [0, 0.05) is 50.4 Å². The van der Waals surface area contributed by atoms with Gasteiger partial charge < -0.3 is 15.5 Å². The van der Waals surface area contributed by atoms with E-state index >= 15 is 0 Å². The third-order valence-electron chi connectivity index (χ3n) is 5.96. The molecule has 0 spiro atoms. The standard InChI is InChI=1S/C22H26N4O2/c1-15-8-9-18(12-23-15)21(28)26-11-10-19-20(17-6-4-3-5-7-17)24-13-22(19,14-26)25-16(2)27/h3-9,12,19-20,24H,10-11,13-14H2,1-2H3,(H,25,27)/t19-,20-,22+/m1/s1. The van der Waals surface area contributed by atoms with Crippen LogP contribution in [0.2, 0.25) is 0 Å². The first-order chi connectivity index (χ1) is 13.5. The molecule has 0 saturated carbocycles. The molecule has 2 amide bonds. The molecule has 2 aromatic rings. The molecule has 1 aromatic heterocycles. The maximum Gasteiger partial charge on any atom is 0.255 e. The Morgan fingerprint density at radius 3 is 2.68 bits per heavy atom. The summed E-state index contributed by atoms with van der Waals surface area (Å²) in [6, 6.07) is 14.2. The van der Waals surface area contributed by atoms with Gasteiger partial charge in [0.25, 0.3) is 5.91 Å². The number of piperidine rings is 1. The summed E-state index contributed by atoms with van der Waals surface area (Å²) in [7, 11) is 0. The van der Waals surface area contributed by atoms with Crippen LogP contribution in [0.15, 0.2) is 48.7 Å². The molecule has 0 aliphatic carbocycles. The highest BCUT2D eigenvalue weighted by Gasteiger charge is 2.53. The Morgan fingerprint density at radius 2 is 2.00 bits per heavy atom. The molecule has 1 aromatic carbocycles. The highest BCUT2D eigenvalue weighted by atomic mass is 16.2. The van der Waals surface area contributed by atoms with Crippen molar-refractivity contribution in [3.63, 3.8) is 0 Å². The summed E-state index contributed by atoms with van der Waals surface area (Å²) >= 11 is 0. The number of nitrogens with one attached hydrogen (secondary N) is 2. The van der Waals surface area contributed by atoms with E-state index in [4.69, 9.17) is 0 Å². The second-order valence-electron chi connectivity index (χ2n) is 7.92. The molecule has 3 atom stereocenters. The van der Waals surface area contributed by atoms with E-state index in [1.807, 2.05) is 42.2 Å². The van der Waals surface area contributed by atoms with Crippen LogP contribution in [-0.4, -0.2) is 46.9 Å². The molecular formula is C22H26N4O2. The molecule has 0 radical (unpaired) electrons. The number of carbonyl (C=O) groups excluding carboxylic acids is 2. The Labute approximate surface area is 165 Å². The number of benzene rings is 1. The van der Waals surface area contributed by atoms with E-state index in [9.17, 15) is 9.59 Å². The minimum atomic E-state index is -0.460.